The zero-order chi connectivity index (χ0) is 27.6. The Hall–Kier alpha value is -1.02. The Labute approximate surface area is 239 Å². The molecule has 1 aromatic rings. The Morgan fingerprint density at radius 1 is 0.564 bits per heavy atom. The van der Waals surface area contributed by atoms with Gasteiger partial charge in [-0.3, -0.25) is 5.10 Å². The number of hydrogen-bond acceptors (Lipinski definition) is 6. The highest BCUT2D eigenvalue weighted by molar-refractivity contribution is 4.87. The van der Waals surface area contributed by atoms with Gasteiger partial charge in [-0.05, 0) is 12.8 Å². The first kappa shape index (κ1) is 34.2. The molecular formula is C32H61N3O4. The number of nitrogens with one attached hydrogen (secondary N) is 1. The molecule has 7 heteroatoms. The van der Waals surface area contributed by atoms with E-state index in [2.05, 4.69) is 29.0 Å². The standard InChI is InChI=1S/C32H61N3O4/c1-3-5-7-9-11-13-15-17-19-21-29-30(22-20-18-16-14-12-10-8-6-4-2)39-26-24-37-28-32-33-31(34-35-32)27-36-23-25-38-29/h29-30H,3-28H2,1-2H3,(H,33,34,35). The van der Waals surface area contributed by atoms with Crippen molar-refractivity contribution in [2.45, 2.75) is 168 Å². The normalized spacial score (nSPS) is 19.5. The van der Waals surface area contributed by atoms with Crippen molar-refractivity contribution in [3.8, 4) is 0 Å². The monoisotopic (exact) mass is 551 g/mol. The molecule has 2 bridgehead atoms. The van der Waals surface area contributed by atoms with Gasteiger partial charge in [-0.2, -0.15) is 5.10 Å². The van der Waals surface area contributed by atoms with Crippen molar-refractivity contribution in [2.75, 3.05) is 26.4 Å². The molecule has 0 spiro atoms. The van der Waals surface area contributed by atoms with E-state index in [0.29, 0.717) is 45.5 Å². The molecule has 0 aromatic carbocycles. The van der Waals surface area contributed by atoms with Crippen LogP contribution >= 0.6 is 0 Å². The van der Waals surface area contributed by atoms with Gasteiger partial charge in [0.1, 0.15) is 13.2 Å². The van der Waals surface area contributed by atoms with Gasteiger partial charge < -0.3 is 18.9 Å². The minimum atomic E-state index is 0.117. The average molecular weight is 552 g/mol. The number of fused-ring (bicyclic) bond motifs is 2. The second kappa shape index (κ2) is 24.8. The molecule has 2 atom stereocenters. The molecule has 39 heavy (non-hydrogen) atoms. The first-order valence-corrected chi connectivity index (χ1v) is 16.6. The van der Waals surface area contributed by atoms with Gasteiger partial charge in [0.2, 0.25) is 0 Å². The minimum absolute atomic E-state index is 0.117. The van der Waals surface area contributed by atoms with E-state index < -0.39 is 0 Å². The fraction of sp³-hybridized carbons (Fsp3) is 0.938. The topological polar surface area (TPSA) is 78.5 Å². The van der Waals surface area contributed by atoms with Crippen LogP contribution in [0.15, 0.2) is 0 Å². The highest BCUT2D eigenvalue weighted by Crippen LogP contribution is 2.21. The van der Waals surface area contributed by atoms with Crippen LogP contribution in [-0.2, 0) is 32.2 Å². The zero-order valence-electron chi connectivity index (χ0n) is 25.6. The predicted molar refractivity (Wildman–Crippen MR) is 159 cm³/mol. The molecule has 2 rings (SSSR count). The van der Waals surface area contributed by atoms with E-state index in [1.165, 1.54) is 116 Å². The molecule has 7 nitrogen and oxygen atoms in total. The van der Waals surface area contributed by atoms with Crippen molar-refractivity contribution >= 4 is 0 Å². The first-order valence-electron chi connectivity index (χ1n) is 16.6. The molecule has 228 valence electrons. The smallest absolute Gasteiger partial charge is 0.176 e. The lowest BCUT2D eigenvalue weighted by atomic mass is 9.98. The van der Waals surface area contributed by atoms with E-state index in [0.717, 1.165) is 18.7 Å². The maximum Gasteiger partial charge on any atom is 0.176 e. The van der Waals surface area contributed by atoms with E-state index in [1.54, 1.807) is 0 Å². The Morgan fingerprint density at radius 2 is 1.00 bits per heavy atom. The van der Waals surface area contributed by atoms with Crippen LogP contribution in [-0.4, -0.2) is 53.8 Å². The third-order valence-electron chi connectivity index (χ3n) is 7.77. The number of H-pyrrole nitrogens is 1. The number of aromatic nitrogens is 3. The first-order chi connectivity index (χ1) is 19.3. The highest BCUT2D eigenvalue weighted by atomic mass is 16.6. The van der Waals surface area contributed by atoms with Crippen LogP contribution in [0.1, 0.15) is 154 Å². The SMILES string of the molecule is CCCCCCCCCCCC1OCCOCc2n[nH]c(n2)COCCOC1CCCCCCCCCCC. The predicted octanol–water partition coefficient (Wildman–Crippen LogP) is 8.46. The summed E-state index contributed by atoms with van der Waals surface area (Å²) in [5, 5.41) is 7.12. The van der Waals surface area contributed by atoms with Crippen LogP contribution < -0.4 is 0 Å². The lowest BCUT2D eigenvalue weighted by molar-refractivity contribution is -0.102. The fourth-order valence-corrected chi connectivity index (χ4v) is 5.38. The number of aromatic amines is 1. The maximum atomic E-state index is 6.44. The largest absolute Gasteiger partial charge is 0.373 e. The highest BCUT2D eigenvalue weighted by Gasteiger charge is 2.23. The summed E-state index contributed by atoms with van der Waals surface area (Å²) in [6, 6.07) is 0. The number of nitrogens with zero attached hydrogens (tertiary/aromatic N) is 2. The summed E-state index contributed by atoms with van der Waals surface area (Å²) in [6.07, 6.45) is 26.5. The summed E-state index contributed by atoms with van der Waals surface area (Å²) < 4.78 is 24.5. The van der Waals surface area contributed by atoms with E-state index in [-0.39, 0.29) is 12.2 Å². The third-order valence-corrected chi connectivity index (χ3v) is 7.77. The second-order valence-electron chi connectivity index (χ2n) is 11.4. The van der Waals surface area contributed by atoms with Crippen molar-refractivity contribution in [3.63, 3.8) is 0 Å². The molecule has 0 saturated heterocycles. The number of unbranched alkanes of at least 4 members (excludes halogenated alkanes) is 16. The summed E-state index contributed by atoms with van der Waals surface area (Å²) in [5.41, 5.74) is 0. The van der Waals surface area contributed by atoms with Crippen LogP contribution in [0.2, 0.25) is 0 Å². The van der Waals surface area contributed by atoms with Crippen molar-refractivity contribution in [1.29, 1.82) is 0 Å². The summed E-state index contributed by atoms with van der Waals surface area (Å²) in [5.74, 6) is 1.39. The molecule has 1 aromatic heterocycles. The van der Waals surface area contributed by atoms with Gasteiger partial charge in [0.25, 0.3) is 0 Å². The van der Waals surface area contributed by atoms with Gasteiger partial charge in [-0.1, -0.05) is 129 Å². The number of ether oxygens (including phenoxy) is 4. The van der Waals surface area contributed by atoms with Gasteiger partial charge in [-0.15, -0.1) is 0 Å². The average Bonchev–Trinajstić information content (AvgIpc) is 3.39. The van der Waals surface area contributed by atoms with Crippen molar-refractivity contribution in [3.05, 3.63) is 11.6 Å². The Morgan fingerprint density at radius 3 is 1.49 bits per heavy atom. The van der Waals surface area contributed by atoms with Gasteiger partial charge in [0.15, 0.2) is 11.6 Å². The van der Waals surface area contributed by atoms with E-state index >= 15 is 0 Å². The van der Waals surface area contributed by atoms with Gasteiger partial charge in [-0.25, -0.2) is 4.98 Å². The Balaban J connectivity index is 1.78. The quantitative estimate of drug-likeness (QED) is 0.164. The van der Waals surface area contributed by atoms with Crippen molar-refractivity contribution in [1.82, 2.24) is 15.2 Å². The zero-order valence-corrected chi connectivity index (χ0v) is 25.6. The summed E-state index contributed by atoms with van der Waals surface area (Å²) in [7, 11) is 0. The molecule has 0 amide bonds. The lowest BCUT2D eigenvalue weighted by Gasteiger charge is -2.28. The van der Waals surface area contributed by atoms with Crippen LogP contribution in [0.4, 0.5) is 0 Å². The Bertz CT molecular complexity index is 605. The minimum Gasteiger partial charge on any atom is -0.373 e. The lowest BCUT2D eigenvalue weighted by Crippen LogP contribution is -2.34. The molecule has 2 heterocycles. The van der Waals surface area contributed by atoms with Gasteiger partial charge in [0, 0.05) is 0 Å². The number of hydrogen-bond donors (Lipinski definition) is 1. The molecule has 0 aliphatic carbocycles. The number of rotatable bonds is 20. The van der Waals surface area contributed by atoms with Crippen LogP contribution in [0.25, 0.3) is 0 Å². The molecule has 1 N–H and O–H groups in total. The molecule has 0 fully saturated rings. The van der Waals surface area contributed by atoms with Crippen molar-refractivity contribution in [2.24, 2.45) is 0 Å². The van der Waals surface area contributed by atoms with E-state index in [1.807, 2.05) is 0 Å². The van der Waals surface area contributed by atoms with Crippen LogP contribution in [0, 0.1) is 0 Å². The molecule has 0 saturated carbocycles. The fourth-order valence-electron chi connectivity index (χ4n) is 5.38. The van der Waals surface area contributed by atoms with Crippen LogP contribution in [0.5, 0.6) is 0 Å². The molecule has 1 aliphatic rings. The second-order valence-corrected chi connectivity index (χ2v) is 11.4. The molecular weight excluding hydrogens is 490 g/mol. The molecule has 2 unspecified atom stereocenters. The van der Waals surface area contributed by atoms with E-state index in [4.69, 9.17) is 18.9 Å². The van der Waals surface area contributed by atoms with Crippen molar-refractivity contribution < 1.29 is 18.9 Å². The van der Waals surface area contributed by atoms with E-state index in [9.17, 15) is 0 Å². The molecule has 1 aliphatic heterocycles. The molecule has 0 radical (unpaired) electrons. The van der Waals surface area contributed by atoms with Gasteiger partial charge in [0.05, 0.1) is 38.6 Å². The summed E-state index contributed by atoms with van der Waals surface area (Å²) in [6.45, 7) is 7.62. The van der Waals surface area contributed by atoms with Crippen LogP contribution in [0.3, 0.4) is 0 Å². The maximum absolute atomic E-state index is 6.44. The summed E-state index contributed by atoms with van der Waals surface area (Å²) in [4.78, 5) is 4.42. The van der Waals surface area contributed by atoms with Gasteiger partial charge >= 0.3 is 0 Å². The summed E-state index contributed by atoms with van der Waals surface area (Å²) >= 11 is 0. The Kier molecular flexibility index (Phi) is 21.7. The third kappa shape index (κ3) is 18.1.